The Labute approximate surface area is 251 Å². The summed E-state index contributed by atoms with van der Waals surface area (Å²) in [5.74, 6) is -0.771. The van der Waals surface area contributed by atoms with Crippen LogP contribution < -0.4 is 16.2 Å². The molecule has 0 bridgehead atoms. The molecule has 3 heterocycles. The van der Waals surface area contributed by atoms with Gasteiger partial charge < -0.3 is 29.9 Å². The van der Waals surface area contributed by atoms with Crippen molar-refractivity contribution in [2.75, 3.05) is 45.3 Å². The highest BCUT2D eigenvalue weighted by atomic mass is 19.1. The Hall–Kier alpha value is -3.83. The number of unbranched alkanes of at least 4 members (excludes halogenated alkanes) is 1. The summed E-state index contributed by atoms with van der Waals surface area (Å²) in [6.45, 7) is 3.09. The molecule has 1 amide bonds. The molecule has 3 aromatic rings. The van der Waals surface area contributed by atoms with Gasteiger partial charge in [0.2, 0.25) is 5.91 Å². The molecule has 2 unspecified atom stereocenters. The second kappa shape index (κ2) is 15.6. The first-order valence-corrected chi connectivity index (χ1v) is 15.0. The van der Waals surface area contributed by atoms with Crippen molar-refractivity contribution < 1.29 is 23.8 Å². The summed E-state index contributed by atoms with van der Waals surface area (Å²) < 4.78 is 20.1. The number of hydrogen-bond donors (Lipinski definition) is 3. The van der Waals surface area contributed by atoms with Gasteiger partial charge in [0.25, 0.3) is 5.56 Å². The lowest BCUT2D eigenvalue weighted by Crippen LogP contribution is -2.47. The van der Waals surface area contributed by atoms with E-state index >= 15 is 0 Å². The van der Waals surface area contributed by atoms with Crippen LogP contribution >= 0.6 is 0 Å². The molecule has 232 valence electrons. The molecule has 1 aliphatic rings. The minimum absolute atomic E-state index is 0.112. The van der Waals surface area contributed by atoms with Gasteiger partial charge >= 0.3 is 5.97 Å². The maximum atomic E-state index is 13.5. The molecule has 0 saturated carbocycles. The van der Waals surface area contributed by atoms with E-state index in [1.54, 1.807) is 31.3 Å². The van der Waals surface area contributed by atoms with Crippen molar-refractivity contribution in [3.05, 3.63) is 70.3 Å². The Balaban J connectivity index is 1.34. The molecule has 2 aromatic heterocycles. The molecule has 0 saturated heterocycles. The van der Waals surface area contributed by atoms with Crippen LogP contribution in [0.3, 0.4) is 0 Å². The van der Waals surface area contributed by atoms with Crippen molar-refractivity contribution in [2.45, 2.75) is 63.6 Å². The average molecular weight is 596 g/mol. The quantitative estimate of drug-likeness (QED) is 0.215. The minimum Gasteiger partial charge on any atom is -0.480 e. The molecule has 0 fully saturated rings. The number of aliphatic carboxylic acids is 1. The van der Waals surface area contributed by atoms with Gasteiger partial charge in [0, 0.05) is 44.0 Å². The third-order valence-corrected chi connectivity index (χ3v) is 8.06. The fraction of sp³-hybridized carbons (Fsp3) is 0.500. The highest BCUT2D eigenvalue weighted by Crippen LogP contribution is 2.20. The van der Waals surface area contributed by atoms with Crippen molar-refractivity contribution in [1.82, 2.24) is 19.8 Å². The highest BCUT2D eigenvalue weighted by Gasteiger charge is 2.26. The summed E-state index contributed by atoms with van der Waals surface area (Å²) >= 11 is 0. The second-order valence-corrected chi connectivity index (χ2v) is 11.1. The lowest BCUT2D eigenvalue weighted by Gasteiger charge is -2.27. The number of amides is 1. The molecule has 1 aromatic carbocycles. The van der Waals surface area contributed by atoms with Gasteiger partial charge in [-0.25, -0.2) is 14.2 Å². The molecular weight excluding hydrogens is 553 g/mol. The number of nitrogens with one attached hydrogen (secondary N) is 2. The summed E-state index contributed by atoms with van der Waals surface area (Å²) in [6, 6.07) is 11.0. The number of pyridine rings is 2. The Morgan fingerprint density at radius 1 is 1.19 bits per heavy atom. The molecule has 0 spiro atoms. The van der Waals surface area contributed by atoms with E-state index in [0.29, 0.717) is 25.0 Å². The number of nitrogens with zero attached hydrogens (tertiary/aromatic N) is 3. The number of alkyl halides is 1. The highest BCUT2D eigenvalue weighted by molar-refractivity contribution is 5.86. The molecule has 11 heteroatoms. The van der Waals surface area contributed by atoms with E-state index in [4.69, 9.17) is 9.72 Å². The monoisotopic (exact) mass is 595 g/mol. The van der Waals surface area contributed by atoms with E-state index in [0.717, 1.165) is 55.5 Å². The smallest absolute Gasteiger partial charge is 0.326 e. The maximum Gasteiger partial charge on any atom is 0.326 e. The first kappa shape index (κ1) is 32.1. The number of hydrogen-bond acceptors (Lipinski definition) is 7. The van der Waals surface area contributed by atoms with Crippen LogP contribution in [0.25, 0.3) is 10.8 Å². The maximum absolute atomic E-state index is 13.5. The summed E-state index contributed by atoms with van der Waals surface area (Å²) in [5.41, 5.74) is 1.95. The van der Waals surface area contributed by atoms with Gasteiger partial charge in [-0.1, -0.05) is 24.3 Å². The van der Waals surface area contributed by atoms with Crippen molar-refractivity contribution in [3.63, 3.8) is 0 Å². The molecule has 0 radical (unpaired) electrons. The van der Waals surface area contributed by atoms with Crippen LogP contribution in [-0.4, -0.2) is 83.5 Å². The number of carbonyl (C=O) groups excluding carboxylic acids is 1. The summed E-state index contributed by atoms with van der Waals surface area (Å²) in [6.07, 6.45) is 5.66. The number of fused-ring (bicyclic) bond motifs is 2. The number of carboxylic acid groups (broad SMARTS) is 1. The zero-order valence-electron chi connectivity index (χ0n) is 24.9. The number of carboxylic acids is 1. The lowest BCUT2D eigenvalue weighted by molar-refractivity contribution is -0.142. The minimum atomic E-state index is -1.17. The van der Waals surface area contributed by atoms with Gasteiger partial charge in [-0.3, -0.25) is 9.59 Å². The van der Waals surface area contributed by atoms with Gasteiger partial charge in [0.1, 0.15) is 24.6 Å². The predicted molar refractivity (Wildman–Crippen MR) is 164 cm³/mol. The van der Waals surface area contributed by atoms with Crippen LogP contribution in [0.4, 0.5) is 10.2 Å². The van der Waals surface area contributed by atoms with Crippen LogP contribution in [-0.2, 0) is 27.2 Å². The number of carbonyl (C=O) groups is 2. The van der Waals surface area contributed by atoms with Crippen molar-refractivity contribution in [1.29, 1.82) is 0 Å². The number of aromatic nitrogens is 2. The molecule has 3 atom stereocenters. The van der Waals surface area contributed by atoms with E-state index < -0.39 is 36.7 Å². The number of rotatable bonds is 16. The van der Waals surface area contributed by atoms with Crippen molar-refractivity contribution in [2.24, 2.45) is 0 Å². The topological polar surface area (TPSA) is 126 Å². The first-order valence-electron chi connectivity index (χ1n) is 15.0. The predicted octanol–water partition coefficient (Wildman–Crippen LogP) is 3.58. The van der Waals surface area contributed by atoms with Gasteiger partial charge in [-0.05, 0) is 81.1 Å². The van der Waals surface area contributed by atoms with E-state index in [1.807, 2.05) is 17.0 Å². The Morgan fingerprint density at radius 3 is 2.77 bits per heavy atom. The van der Waals surface area contributed by atoms with Crippen LogP contribution in [0.5, 0.6) is 0 Å². The molecule has 43 heavy (non-hydrogen) atoms. The number of halogens is 1. The van der Waals surface area contributed by atoms with Crippen molar-refractivity contribution >= 4 is 28.5 Å². The second-order valence-electron chi connectivity index (χ2n) is 11.1. The number of benzene rings is 1. The zero-order valence-corrected chi connectivity index (χ0v) is 24.9. The zero-order chi connectivity index (χ0) is 30.8. The molecule has 0 aliphatic carbocycles. The third-order valence-electron chi connectivity index (χ3n) is 8.06. The number of methoxy groups -OCH3 is 1. The Bertz CT molecular complexity index is 1440. The first-order chi connectivity index (χ1) is 20.8. The van der Waals surface area contributed by atoms with Gasteiger partial charge in [-0.15, -0.1) is 0 Å². The van der Waals surface area contributed by atoms with E-state index in [-0.39, 0.29) is 12.0 Å². The summed E-state index contributed by atoms with van der Waals surface area (Å²) in [5, 5.41) is 17.1. The lowest BCUT2D eigenvalue weighted by atomic mass is 10.1. The van der Waals surface area contributed by atoms with Crippen LogP contribution in [0.1, 0.15) is 49.9 Å². The fourth-order valence-corrected chi connectivity index (χ4v) is 5.42. The fourth-order valence-electron chi connectivity index (χ4n) is 5.42. The van der Waals surface area contributed by atoms with Gasteiger partial charge in [-0.2, -0.15) is 0 Å². The van der Waals surface area contributed by atoms with Crippen molar-refractivity contribution in [3.8, 4) is 0 Å². The average Bonchev–Trinajstić information content (AvgIpc) is 3.02. The normalized spacial score (nSPS) is 15.0. The van der Waals surface area contributed by atoms with E-state index in [2.05, 4.69) is 22.8 Å². The van der Waals surface area contributed by atoms with Crippen LogP contribution in [0, 0.1) is 0 Å². The van der Waals surface area contributed by atoms with E-state index in [9.17, 15) is 23.9 Å². The van der Waals surface area contributed by atoms with Gasteiger partial charge in [0.05, 0.1) is 6.10 Å². The molecule has 3 N–H and O–H groups in total. The number of ether oxygens (including phenoxy) is 1. The van der Waals surface area contributed by atoms with E-state index in [1.165, 1.54) is 17.2 Å². The molecule has 10 nitrogen and oxygen atoms in total. The third kappa shape index (κ3) is 8.61. The van der Waals surface area contributed by atoms with Crippen LogP contribution in [0.15, 0.2) is 53.5 Å². The SMILES string of the molecule is COC(CF)CN(CCCCc1ccc2c(n1)NCCC2)CC[C@H](NC(=O)C(C)n1ccc2ccccc2c1=O)C(=O)O. The largest absolute Gasteiger partial charge is 0.480 e. The number of aryl methyl sites for hydroxylation is 2. The molecule has 1 aliphatic heterocycles. The molecular formula is C32H42FN5O5. The van der Waals surface area contributed by atoms with Crippen LogP contribution in [0.2, 0.25) is 0 Å². The standard InChI is InChI=1S/C32H42FN5O5/c1-22(38-19-14-23-8-3-4-11-27(23)31(38)40)30(39)36-28(32(41)42)15-18-37(21-26(20-33)43-2)17-6-5-10-25-13-12-24-9-7-16-34-29(24)35-25/h3-4,8,11-14,19,22,26,28H,5-7,9-10,15-18,20-21H2,1-2H3,(H,34,35)(H,36,39)(H,41,42)/t22?,26?,28-/m0/s1. The summed E-state index contributed by atoms with van der Waals surface area (Å²) in [7, 11) is 1.45. The Morgan fingerprint density at radius 2 is 2.00 bits per heavy atom. The van der Waals surface area contributed by atoms with Gasteiger partial charge in [0.15, 0.2) is 0 Å². The Kier molecular flexibility index (Phi) is 11.6. The number of anilines is 1. The molecule has 4 rings (SSSR count). The summed E-state index contributed by atoms with van der Waals surface area (Å²) in [4.78, 5) is 44.9.